The molecule has 0 saturated heterocycles. The van der Waals surface area contributed by atoms with Gasteiger partial charge in [0.05, 0.1) is 0 Å². The highest BCUT2D eigenvalue weighted by Crippen LogP contribution is 2.35. The van der Waals surface area contributed by atoms with Crippen molar-refractivity contribution in [1.82, 2.24) is 4.98 Å². The smallest absolute Gasteiger partial charge is 0.234 e. The Morgan fingerprint density at radius 2 is 1.95 bits per heavy atom. The van der Waals surface area contributed by atoms with Crippen molar-refractivity contribution >= 4 is 12.2 Å². The van der Waals surface area contributed by atoms with Crippen molar-refractivity contribution in [3.63, 3.8) is 0 Å². The van der Waals surface area contributed by atoms with E-state index < -0.39 is 11.3 Å². The lowest BCUT2D eigenvalue weighted by Crippen LogP contribution is -2.42. The van der Waals surface area contributed by atoms with Crippen molar-refractivity contribution in [2.75, 3.05) is 0 Å². The molecule has 19 heavy (non-hydrogen) atoms. The Bertz CT molecular complexity index is 549. The van der Waals surface area contributed by atoms with Gasteiger partial charge >= 0.3 is 0 Å². The molecule has 1 aromatic carbocycles. The summed E-state index contributed by atoms with van der Waals surface area (Å²) in [6.07, 6.45) is 3.19. The first kappa shape index (κ1) is 13.1. The number of nitrogens with one attached hydrogen (secondary N) is 1. The van der Waals surface area contributed by atoms with Crippen LogP contribution in [0.15, 0.2) is 48.7 Å². The summed E-state index contributed by atoms with van der Waals surface area (Å²) in [4.78, 5) is 25.9. The van der Waals surface area contributed by atoms with E-state index in [2.05, 4.69) is 4.98 Å². The van der Waals surface area contributed by atoms with Gasteiger partial charge < -0.3 is 15.5 Å². The summed E-state index contributed by atoms with van der Waals surface area (Å²) in [5.74, 6) is -0.456. The highest BCUT2D eigenvalue weighted by Gasteiger charge is 2.40. The molecule has 0 aliphatic rings. The van der Waals surface area contributed by atoms with E-state index in [0.717, 1.165) is 11.8 Å². The van der Waals surface area contributed by atoms with Crippen LogP contribution in [-0.4, -0.2) is 17.2 Å². The summed E-state index contributed by atoms with van der Waals surface area (Å²) in [6.45, 7) is 0. The van der Waals surface area contributed by atoms with Crippen LogP contribution >= 0.6 is 0 Å². The lowest BCUT2D eigenvalue weighted by Gasteiger charge is -2.30. The molecule has 0 aliphatic carbocycles. The zero-order chi connectivity index (χ0) is 13.7. The van der Waals surface area contributed by atoms with E-state index in [9.17, 15) is 9.59 Å². The van der Waals surface area contributed by atoms with Gasteiger partial charge in [0, 0.05) is 18.3 Å². The fourth-order valence-electron chi connectivity index (χ4n) is 2.43. The molecule has 98 valence electrons. The van der Waals surface area contributed by atoms with Crippen LogP contribution in [0.25, 0.3) is 0 Å². The van der Waals surface area contributed by atoms with Gasteiger partial charge in [0.1, 0.15) is 11.7 Å². The molecule has 1 atom stereocenters. The summed E-state index contributed by atoms with van der Waals surface area (Å²) in [6, 6.07) is 12.9. The Morgan fingerprint density at radius 3 is 2.47 bits per heavy atom. The number of carbonyl (C=O) groups excluding carboxylic acids is 2. The van der Waals surface area contributed by atoms with E-state index in [1.165, 1.54) is 0 Å². The Labute approximate surface area is 111 Å². The summed E-state index contributed by atoms with van der Waals surface area (Å²) in [5.41, 5.74) is 6.19. The number of H-pyrrole nitrogens is 1. The van der Waals surface area contributed by atoms with Crippen molar-refractivity contribution < 1.29 is 9.59 Å². The first-order valence-electron chi connectivity index (χ1n) is 6.15. The lowest BCUT2D eigenvalue weighted by molar-refractivity contribution is -0.122. The standard InChI is InChI=1S/C15H16N2O2/c16-14(19)15(9-5-11-18,13-8-4-10-17-13)12-6-2-1-3-7-12/h1-4,6-8,10-11,17H,5,9H2,(H2,16,19). The van der Waals surface area contributed by atoms with Crippen molar-refractivity contribution in [2.45, 2.75) is 18.3 Å². The Balaban J connectivity index is 2.59. The van der Waals surface area contributed by atoms with Crippen molar-refractivity contribution in [3.05, 3.63) is 59.9 Å². The highest BCUT2D eigenvalue weighted by atomic mass is 16.1. The Hall–Kier alpha value is -2.36. The van der Waals surface area contributed by atoms with Gasteiger partial charge in [-0.3, -0.25) is 4.79 Å². The number of aromatic amines is 1. The Morgan fingerprint density at radius 1 is 1.21 bits per heavy atom. The third-order valence-corrected chi connectivity index (χ3v) is 3.38. The largest absolute Gasteiger partial charge is 0.369 e. The average Bonchev–Trinajstić information content (AvgIpc) is 2.95. The molecule has 4 nitrogen and oxygen atoms in total. The molecule has 1 aromatic heterocycles. The molecule has 0 fully saturated rings. The van der Waals surface area contributed by atoms with Gasteiger partial charge in [0.15, 0.2) is 0 Å². The minimum absolute atomic E-state index is 0.275. The predicted octanol–water partition coefficient (Wildman–Crippen LogP) is 1.77. The average molecular weight is 256 g/mol. The molecule has 2 rings (SSSR count). The molecule has 1 heterocycles. The van der Waals surface area contributed by atoms with E-state index in [0.29, 0.717) is 12.1 Å². The van der Waals surface area contributed by atoms with Gasteiger partial charge in [-0.05, 0) is 24.1 Å². The first-order valence-corrected chi connectivity index (χ1v) is 6.15. The molecule has 1 amide bonds. The summed E-state index contributed by atoms with van der Waals surface area (Å²) in [5, 5.41) is 0. The highest BCUT2D eigenvalue weighted by molar-refractivity contribution is 5.90. The minimum atomic E-state index is -0.980. The maximum atomic E-state index is 12.1. The van der Waals surface area contributed by atoms with Gasteiger partial charge in [0.25, 0.3) is 0 Å². The molecule has 0 spiro atoms. The third-order valence-electron chi connectivity index (χ3n) is 3.38. The quantitative estimate of drug-likeness (QED) is 0.773. The monoisotopic (exact) mass is 256 g/mol. The molecule has 1 unspecified atom stereocenters. The second-order valence-corrected chi connectivity index (χ2v) is 4.42. The van der Waals surface area contributed by atoms with Crippen LogP contribution in [-0.2, 0) is 15.0 Å². The normalized spacial score (nSPS) is 13.7. The van der Waals surface area contributed by atoms with Gasteiger partial charge in [0.2, 0.25) is 5.91 Å². The Kier molecular flexibility index (Phi) is 3.80. The number of carbonyl (C=O) groups is 2. The summed E-state index contributed by atoms with van der Waals surface area (Å²) >= 11 is 0. The molecule has 0 saturated carbocycles. The number of rotatable bonds is 6. The molecule has 3 N–H and O–H groups in total. The van der Waals surface area contributed by atoms with Crippen LogP contribution in [0.1, 0.15) is 24.1 Å². The van der Waals surface area contributed by atoms with Gasteiger partial charge in [-0.25, -0.2) is 0 Å². The van der Waals surface area contributed by atoms with Crippen LogP contribution in [0.3, 0.4) is 0 Å². The number of aromatic nitrogens is 1. The topological polar surface area (TPSA) is 76.0 Å². The SMILES string of the molecule is NC(=O)C(CCC=O)(c1ccccc1)c1ccc[nH]1. The van der Waals surface area contributed by atoms with Gasteiger partial charge in [-0.1, -0.05) is 30.3 Å². The van der Waals surface area contributed by atoms with Crippen LogP contribution in [0.2, 0.25) is 0 Å². The van der Waals surface area contributed by atoms with Crippen LogP contribution in [0.5, 0.6) is 0 Å². The van der Waals surface area contributed by atoms with Crippen molar-refractivity contribution in [1.29, 1.82) is 0 Å². The second-order valence-electron chi connectivity index (χ2n) is 4.42. The molecular formula is C15H16N2O2. The van der Waals surface area contributed by atoms with Crippen LogP contribution in [0, 0.1) is 0 Å². The molecule has 0 radical (unpaired) electrons. The zero-order valence-corrected chi connectivity index (χ0v) is 10.5. The number of hydrogen-bond donors (Lipinski definition) is 2. The first-order chi connectivity index (χ1) is 9.21. The maximum absolute atomic E-state index is 12.1. The predicted molar refractivity (Wildman–Crippen MR) is 72.5 cm³/mol. The molecule has 0 bridgehead atoms. The van der Waals surface area contributed by atoms with E-state index in [1.54, 1.807) is 6.20 Å². The van der Waals surface area contributed by atoms with E-state index >= 15 is 0 Å². The lowest BCUT2D eigenvalue weighted by atomic mass is 9.73. The fraction of sp³-hybridized carbons (Fsp3) is 0.200. The van der Waals surface area contributed by atoms with Crippen LogP contribution < -0.4 is 5.73 Å². The molecule has 4 heteroatoms. The number of primary amides is 1. The number of nitrogens with two attached hydrogens (primary N) is 1. The second kappa shape index (κ2) is 5.52. The van der Waals surface area contributed by atoms with Crippen molar-refractivity contribution in [2.24, 2.45) is 5.73 Å². The number of aldehydes is 1. The molecule has 2 aromatic rings. The molecular weight excluding hydrogens is 240 g/mol. The number of benzene rings is 1. The van der Waals surface area contributed by atoms with Crippen LogP contribution in [0.4, 0.5) is 0 Å². The van der Waals surface area contributed by atoms with E-state index in [-0.39, 0.29) is 6.42 Å². The van der Waals surface area contributed by atoms with Gasteiger partial charge in [-0.15, -0.1) is 0 Å². The zero-order valence-electron chi connectivity index (χ0n) is 10.5. The fourth-order valence-corrected chi connectivity index (χ4v) is 2.43. The number of amides is 1. The molecule has 0 aliphatic heterocycles. The summed E-state index contributed by atoms with van der Waals surface area (Å²) in [7, 11) is 0. The van der Waals surface area contributed by atoms with E-state index in [1.807, 2.05) is 42.5 Å². The minimum Gasteiger partial charge on any atom is -0.369 e. The third kappa shape index (κ3) is 2.29. The van der Waals surface area contributed by atoms with Gasteiger partial charge in [-0.2, -0.15) is 0 Å². The summed E-state index contributed by atoms with van der Waals surface area (Å²) < 4.78 is 0. The van der Waals surface area contributed by atoms with E-state index in [4.69, 9.17) is 5.73 Å². The number of hydrogen-bond acceptors (Lipinski definition) is 2. The van der Waals surface area contributed by atoms with Crippen molar-refractivity contribution in [3.8, 4) is 0 Å². The maximum Gasteiger partial charge on any atom is 0.234 e.